The molecule has 3 aromatic rings. The van der Waals surface area contributed by atoms with Gasteiger partial charge in [-0.05, 0) is 60.9 Å². The number of benzene rings is 2. The number of carbonyl (C=O) groups is 4. The van der Waals surface area contributed by atoms with E-state index in [1.807, 2.05) is 41.8 Å². The summed E-state index contributed by atoms with van der Waals surface area (Å²) in [6, 6.07) is 20.4. The van der Waals surface area contributed by atoms with Crippen molar-refractivity contribution in [3.63, 3.8) is 0 Å². The van der Waals surface area contributed by atoms with Crippen LogP contribution in [0.4, 0.5) is 4.79 Å². The summed E-state index contributed by atoms with van der Waals surface area (Å²) in [5.41, 5.74) is 2.47. The van der Waals surface area contributed by atoms with Gasteiger partial charge in [0.1, 0.15) is 11.8 Å². The first-order valence-electron chi connectivity index (χ1n) is 14.4. The zero-order chi connectivity index (χ0) is 29.5. The summed E-state index contributed by atoms with van der Waals surface area (Å²) in [7, 11) is 0. The minimum atomic E-state index is -0.943. The number of piperazine rings is 1. The minimum Gasteiger partial charge on any atom is -0.493 e. The van der Waals surface area contributed by atoms with Gasteiger partial charge in [0.15, 0.2) is 0 Å². The van der Waals surface area contributed by atoms with Gasteiger partial charge in [0.25, 0.3) is 5.91 Å². The number of ether oxygens (including phenoxy) is 1. The molecule has 220 valence electrons. The van der Waals surface area contributed by atoms with Crippen LogP contribution in [0.5, 0.6) is 5.75 Å². The zero-order valence-electron chi connectivity index (χ0n) is 23.7. The molecule has 0 saturated carbocycles. The van der Waals surface area contributed by atoms with Crippen LogP contribution < -0.4 is 10.1 Å². The molecule has 9 nitrogen and oxygen atoms in total. The van der Waals surface area contributed by atoms with Gasteiger partial charge < -0.3 is 19.9 Å². The fraction of sp³-hybridized carbons (Fsp3) is 0.375. The van der Waals surface area contributed by atoms with Gasteiger partial charge in [-0.25, -0.2) is 4.79 Å². The second-order valence-corrected chi connectivity index (χ2v) is 11.6. The molecule has 2 aliphatic heterocycles. The van der Waals surface area contributed by atoms with E-state index in [0.29, 0.717) is 31.1 Å². The summed E-state index contributed by atoms with van der Waals surface area (Å²) in [6.07, 6.45) is 2.62. The Morgan fingerprint density at radius 3 is 2.43 bits per heavy atom. The lowest BCUT2D eigenvalue weighted by atomic mass is 9.98. The molecule has 2 atom stereocenters. The predicted molar refractivity (Wildman–Crippen MR) is 160 cm³/mol. The van der Waals surface area contributed by atoms with Gasteiger partial charge in [0.2, 0.25) is 0 Å². The van der Waals surface area contributed by atoms with Crippen molar-refractivity contribution in [1.82, 2.24) is 20.0 Å². The van der Waals surface area contributed by atoms with E-state index in [-0.39, 0.29) is 24.9 Å². The van der Waals surface area contributed by atoms with Crippen LogP contribution in [0.3, 0.4) is 0 Å². The normalized spacial score (nSPS) is 18.1. The Hall–Kier alpha value is -4.18. The fourth-order valence-corrected chi connectivity index (χ4v) is 6.18. The maximum Gasteiger partial charge on any atom is 0.325 e. The number of hydrogen-bond donors (Lipinski definition) is 1. The number of hydrogen-bond acceptors (Lipinski definition) is 6. The number of rotatable bonds is 9. The lowest BCUT2D eigenvalue weighted by Gasteiger charge is -2.36. The maximum absolute atomic E-state index is 13.8. The number of likely N-dealkylation sites (tertiary alicyclic amines) is 1. The molecule has 1 aromatic heterocycles. The standard InChI is InChI=1S/C32H36N4O5S/c1-2-34-17-18-36(31(39)30(34)38)32(40)33-28(27-11-7-19-42-27)29(37)35-16-6-10-25(21-35)22-41-26-14-12-24(13-15-26)20-23-8-4-3-5-9-23/h3-5,7-9,11-15,19,25,28H,2,6,10,16-18,20-22H2,1H3,(H,33,40). The summed E-state index contributed by atoms with van der Waals surface area (Å²) >= 11 is 1.36. The van der Waals surface area contributed by atoms with Gasteiger partial charge in [-0.1, -0.05) is 48.5 Å². The number of nitrogens with one attached hydrogen (secondary N) is 1. The van der Waals surface area contributed by atoms with E-state index >= 15 is 0 Å². The van der Waals surface area contributed by atoms with E-state index in [4.69, 9.17) is 4.74 Å². The molecular formula is C32H36N4O5S. The van der Waals surface area contributed by atoms with Crippen molar-refractivity contribution in [2.24, 2.45) is 5.92 Å². The Kier molecular flexibility index (Phi) is 9.53. The molecule has 10 heteroatoms. The van der Waals surface area contributed by atoms with Crippen molar-refractivity contribution in [3.8, 4) is 5.75 Å². The average molecular weight is 589 g/mol. The Labute approximate surface area is 250 Å². The number of likely N-dealkylation sites (N-methyl/N-ethyl adjacent to an activating group) is 1. The number of urea groups is 1. The van der Waals surface area contributed by atoms with E-state index in [9.17, 15) is 19.2 Å². The van der Waals surface area contributed by atoms with E-state index in [1.54, 1.807) is 17.9 Å². The predicted octanol–water partition coefficient (Wildman–Crippen LogP) is 4.10. The van der Waals surface area contributed by atoms with Crippen molar-refractivity contribution < 1.29 is 23.9 Å². The number of imide groups is 1. The third-order valence-corrected chi connectivity index (χ3v) is 8.71. The molecule has 0 aliphatic carbocycles. The van der Waals surface area contributed by atoms with Crippen molar-refractivity contribution in [1.29, 1.82) is 0 Å². The smallest absolute Gasteiger partial charge is 0.325 e. The van der Waals surface area contributed by atoms with Crippen LogP contribution in [0.1, 0.15) is 41.8 Å². The molecule has 2 fully saturated rings. The Morgan fingerprint density at radius 1 is 0.952 bits per heavy atom. The quantitative estimate of drug-likeness (QED) is 0.380. The zero-order valence-corrected chi connectivity index (χ0v) is 24.6. The van der Waals surface area contributed by atoms with E-state index in [0.717, 1.165) is 29.9 Å². The van der Waals surface area contributed by atoms with Gasteiger partial charge in [-0.3, -0.25) is 19.3 Å². The summed E-state index contributed by atoms with van der Waals surface area (Å²) in [5, 5.41) is 4.59. The van der Waals surface area contributed by atoms with Crippen molar-refractivity contribution >= 4 is 35.1 Å². The molecular weight excluding hydrogens is 552 g/mol. The largest absolute Gasteiger partial charge is 0.493 e. The molecule has 2 aromatic carbocycles. The summed E-state index contributed by atoms with van der Waals surface area (Å²) in [6.45, 7) is 4.11. The molecule has 5 rings (SSSR count). The second kappa shape index (κ2) is 13.7. The lowest BCUT2D eigenvalue weighted by Crippen LogP contribution is -2.59. The van der Waals surface area contributed by atoms with E-state index < -0.39 is 23.9 Å². The van der Waals surface area contributed by atoms with Gasteiger partial charge in [-0.2, -0.15) is 0 Å². The first-order valence-corrected chi connectivity index (χ1v) is 15.3. The molecule has 1 N–H and O–H groups in total. The van der Waals surface area contributed by atoms with Gasteiger partial charge >= 0.3 is 17.8 Å². The summed E-state index contributed by atoms with van der Waals surface area (Å²) in [4.78, 5) is 56.6. The summed E-state index contributed by atoms with van der Waals surface area (Å²) in [5.74, 6) is -0.871. The average Bonchev–Trinajstić information content (AvgIpc) is 3.56. The topological polar surface area (TPSA) is 99.3 Å². The molecule has 3 heterocycles. The number of nitrogens with zero attached hydrogens (tertiary/aromatic N) is 3. The van der Waals surface area contributed by atoms with Crippen LogP contribution >= 0.6 is 11.3 Å². The molecule has 5 amide bonds. The molecule has 42 heavy (non-hydrogen) atoms. The Balaban J connectivity index is 1.18. The highest BCUT2D eigenvalue weighted by Crippen LogP contribution is 2.26. The highest BCUT2D eigenvalue weighted by Gasteiger charge is 2.38. The van der Waals surface area contributed by atoms with Crippen LogP contribution in [-0.2, 0) is 20.8 Å². The Bertz CT molecular complexity index is 1380. The SMILES string of the molecule is CCN1CCN(C(=O)NC(C(=O)N2CCCC(COc3ccc(Cc4ccccc4)cc3)C2)c2cccs2)C(=O)C1=O. The van der Waals surface area contributed by atoms with Crippen LogP contribution in [0.15, 0.2) is 72.1 Å². The number of thiophene rings is 1. The van der Waals surface area contributed by atoms with Crippen molar-refractivity contribution in [3.05, 3.63) is 88.1 Å². The molecule has 2 saturated heterocycles. The molecule has 0 bridgehead atoms. The number of piperidine rings is 1. The monoisotopic (exact) mass is 588 g/mol. The maximum atomic E-state index is 13.8. The van der Waals surface area contributed by atoms with Gasteiger partial charge in [-0.15, -0.1) is 11.3 Å². The molecule has 0 radical (unpaired) electrons. The van der Waals surface area contributed by atoms with Crippen LogP contribution in [0.25, 0.3) is 0 Å². The minimum absolute atomic E-state index is 0.0892. The Morgan fingerprint density at radius 2 is 1.71 bits per heavy atom. The van der Waals surface area contributed by atoms with E-state index in [2.05, 4.69) is 29.6 Å². The van der Waals surface area contributed by atoms with Crippen molar-refractivity contribution in [2.75, 3.05) is 39.3 Å². The summed E-state index contributed by atoms with van der Waals surface area (Å²) < 4.78 is 6.11. The molecule has 0 spiro atoms. The number of amides is 5. The lowest BCUT2D eigenvalue weighted by molar-refractivity contribution is -0.153. The second-order valence-electron chi connectivity index (χ2n) is 10.6. The fourth-order valence-electron chi connectivity index (χ4n) is 5.41. The third-order valence-electron chi connectivity index (χ3n) is 7.77. The van der Waals surface area contributed by atoms with Gasteiger partial charge in [0.05, 0.1) is 6.61 Å². The van der Waals surface area contributed by atoms with E-state index in [1.165, 1.54) is 27.4 Å². The highest BCUT2D eigenvalue weighted by molar-refractivity contribution is 7.10. The van der Waals surface area contributed by atoms with Crippen LogP contribution in [0, 0.1) is 5.92 Å². The first kappa shape index (κ1) is 29.3. The van der Waals surface area contributed by atoms with Crippen molar-refractivity contribution in [2.45, 2.75) is 32.2 Å². The van der Waals surface area contributed by atoms with Crippen LogP contribution in [0.2, 0.25) is 0 Å². The first-order chi connectivity index (χ1) is 20.4. The molecule has 2 unspecified atom stereocenters. The van der Waals surface area contributed by atoms with Crippen LogP contribution in [-0.4, -0.2) is 77.8 Å². The highest BCUT2D eigenvalue weighted by atomic mass is 32.1. The third kappa shape index (κ3) is 6.99. The molecule has 2 aliphatic rings. The van der Waals surface area contributed by atoms with Gasteiger partial charge in [0, 0.05) is 43.5 Å². The number of carbonyl (C=O) groups excluding carboxylic acids is 4.